The van der Waals surface area contributed by atoms with E-state index < -0.39 is 0 Å². The highest BCUT2D eigenvalue weighted by Crippen LogP contribution is 2.21. The normalized spacial score (nSPS) is 14.9. The number of aromatic nitrogens is 3. The lowest BCUT2D eigenvalue weighted by Crippen LogP contribution is -2.41. The maximum absolute atomic E-state index is 12.8. The fraction of sp³-hybridized carbons (Fsp3) is 0.286. The summed E-state index contributed by atoms with van der Waals surface area (Å²) < 4.78 is 7.91. The van der Waals surface area contributed by atoms with E-state index in [2.05, 4.69) is 9.97 Å². The molecule has 1 aromatic carbocycles. The van der Waals surface area contributed by atoms with Crippen molar-refractivity contribution in [2.45, 2.75) is 18.9 Å². The third-order valence-corrected chi connectivity index (χ3v) is 4.88. The van der Waals surface area contributed by atoms with Gasteiger partial charge in [-0.15, -0.1) is 0 Å². The lowest BCUT2D eigenvalue weighted by atomic mass is 10.1. The number of benzene rings is 1. The molecule has 0 aliphatic carbocycles. The molecule has 1 aliphatic heterocycles. The van der Waals surface area contributed by atoms with Crippen LogP contribution in [0, 0.1) is 0 Å². The van der Waals surface area contributed by atoms with E-state index in [9.17, 15) is 4.79 Å². The second-order valence-corrected chi connectivity index (χ2v) is 6.74. The number of piperidine rings is 1. The molecule has 1 aliphatic rings. The van der Waals surface area contributed by atoms with E-state index in [0.29, 0.717) is 18.7 Å². The molecule has 0 N–H and O–H groups in total. The third kappa shape index (κ3) is 3.84. The molecule has 1 fully saturated rings. The Morgan fingerprint density at radius 3 is 2.52 bits per heavy atom. The van der Waals surface area contributed by atoms with Gasteiger partial charge in [-0.25, -0.2) is 4.98 Å². The number of rotatable bonds is 4. The van der Waals surface area contributed by atoms with Crippen LogP contribution in [0.2, 0.25) is 0 Å². The molecular formula is C21H22N4O2. The van der Waals surface area contributed by atoms with Gasteiger partial charge in [0.25, 0.3) is 5.91 Å². The van der Waals surface area contributed by atoms with Gasteiger partial charge in [-0.1, -0.05) is 12.1 Å². The molecule has 0 radical (unpaired) electrons. The second-order valence-electron chi connectivity index (χ2n) is 6.74. The molecule has 4 rings (SSSR count). The fourth-order valence-corrected chi connectivity index (χ4v) is 3.37. The molecule has 0 unspecified atom stereocenters. The number of amides is 1. The monoisotopic (exact) mass is 362 g/mol. The van der Waals surface area contributed by atoms with Crippen molar-refractivity contribution in [2.75, 3.05) is 13.1 Å². The van der Waals surface area contributed by atoms with Crippen LogP contribution in [0.3, 0.4) is 0 Å². The lowest BCUT2D eigenvalue weighted by Gasteiger charge is -2.32. The molecule has 0 atom stereocenters. The van der Waals surface area contributed by atoms with E-state index >= 15 is 0 Å². The average molecular weight is 362 g/mol. The van der Waals surface area contributed by atoms with Crippen LogP contribution in [0.1, 0.15) is 23.2 Å². The third-order valence-electron chi connectivity index (χ3n) is 4.88. The van der Waals surface area contributed by atoms with Crippen molar-refractivity contribution in [1.29, 1.82) is 0 Å². The fourth-order valence-electron chi connectivity index (χ4n) is 3.37. The molecule has 0 saturated carbocycles. The van der Waals surface area contributed by atoms with Gasteiger partial charge >= 0.3 is 0 Å². The Morgan fingerprint density at radius 1 is 1.11 bits per heavy atom. The van der Waals surface area contributed by atoms with Crippen LogP contribution in [-0.2, 0) is 7.05 Å². The summed E-state index contributed by atoms with van der Waals surface area (Å²) in [4.78, 5) is 23.1. The Hall–Kier alpha value is -3.15. The van der Waals surface area contributed by atoms with Crippen molar-refractivity contribution in [2.24, 2.45) is 7.05 Å². The molecule has 6 nitrogen and oxygen atoms in total. The van der Waals surface area contributed by atoms with Crippen LogP contribution in [0.5, 0.6) is 5.75 Å². The summed E-state index contributed by atoms with van der Waals surface area (Å²) >= 11 is 0. The van der Waals surface area contributed by atoms with Gasteiger partial charge in [0.05, 0.1) is 6.20 Å². The number of hydrogen-bond donors (Lipinski definition) is 0. The molecule has 138 valence electrons. The first-order chi connectivity index (χ1) is 13.2. The van der Waals surface area contributed by atoms with Crippen molar-refractivity contribution in [1.82, 2.24) is 19.4 Å². The number of imidazole rings is 1. The molecule has 0 bridgehead atoms. The number of carbonyl (C=O) groups is 1. The minimum Gasteiger partial charge on any atom is -0.489 e. The van der Waals surface area contributed by atoms with Crippen LogP contribution in [0.15, 0.2) is 61.2 Å². The highest BCUT2D eigenvalue weighted by atomic mass is 16.5. The highest BCUT2D eigenvalue weighted by Gasteiger charge is 2.24. The van der Waals surface area contributed by atoms with Crippen molar-refractivity contribution in [3.8, 4) is 17.1 Å². The SMILES string of the molecule is Cn1ccnc1-c1ccc(C(=O)N2CCC(Oc3cccnc3)CC2)cc1. The zero-order chi connectivity index (χ0) is 18.6. The summed E-state index contributed by atoms with van der Waals surface area (Å²) in [5, 5.41) is 0. The summed E-state index contributed by atoms with van der Waals surface area (Å²) in [6, 6.07) is 11.4. The molecule has 3 heterocycles. The predicted molar refractivity (Wildman–Crippen MR) is 102 cm³/mol. The summed E-state index contributed by atoms with van der Waals surface area (Å²) in [6.07, 6.45) is 8.91. The first kappa shape index (κ1) is 17.3. The molecule has 6 heteroatoms. The molecule has 3 aromatic rings. The predicted octanol–water partition coefficient (Wildman–Crippen LogP) is 3.17. The summed E-state index contributed by atoms with van der Waals surface area (Å²) in [6.45, 7) is 1.40. The van der Waals surface area contributed by atoms with Gasteiger partial charge in [0.1, 0.15) is 17.7 Å². The van der Waals surface area contributed by atoms with Crippen LogP contribution in [-0.4, -0.2) is 44.5 Å². The van der Waals surface area contributed by atoms with Gasteiger partial charge in [-0.05, 0) is 24.3 Å². The first-order valence-electron chi connectivity index (χ1n) is 9.14. The largest absolute Gasteiger partial charge is 0.489 e. The zero-order valence-electron chi connectivity index (χ0n) is 15.3. The van der Waals surface area contributed by atoms with Gasteiger partial charge in [0.15, 0.2) is 0 Å². The maximum atomic E-state index is 12.8. The van der Waals surface area contributed by atoms with E-state index in [1.165, 1.54) is 0 Å². The van der Waals surface area contributed by atoms with Crippen molar-refractivity contribution < 1.29 is 9.53 Å². The topological polar surface area (TPSA) is 60.2 Å². The number of nitrogens with zero attached hydrogens (tertiary/aromatic N) is 4. The Kier molecular flexibility index (Phi) is 4.87. The van der Waals surface area contributed by atoms with Crippen LogP contribution in [0.4, 0.5) is 0 Å². The number of likely N-dealkylation sites (tertiary alicyclic amines) is 1. The van der Waals surface area contributed by atoms with Crippen molar-refractivity contribution in [3.63, 3.8) is 0 Å². The van der Waals surface area contributed by atoms with E-state index in [4.69, 9.17) is 4.74 Å². The summed E-state index contributed by atoms with van der Waals surface area (Å²) in [7, 11) is 1.96. The van der Waals surface area contributed by atoms with Crippen molar-refractivity contribution in [3.05, 3.63) is 66.7 Å². The van der Waals surface area contributed by atoms with E-state index in [-0.39, 0.29) is 12.0 Å². The van der Waals surface area contributed by atoms with Crippen LogP contribution in [0.25, 0.3) is 11.4 Å². The second kappa shape index (κ2) is 7.61. The standard InChI is InChI=1S/C21H22N4O2/c1-24-14-11-23-20(24)16-4-6-17(7-5-16)21(26)25-12-8-18(9-13-25)27-19-3-2-10-22-15-19/h2-7,10-11,14-15,18H,8-9,12-13H2,1H3. The minimum absolute atomic E-state index is 0.0706. The number of hydrogen-bond acceptors (Lipinski definition) is 4. The molecule has 27 heavy (non-hydrogen) atoms. The Bertz CT molecular complexity index is 897. The minimum atomic E-state index is 0.0706. The highest BCUT2D eigenvalue weighted by molar-refractivity contribution is 5.94. The smallest absolute Gasteiger partial charge is 0.253 e. The average Bonchev–Trinajstić information content (AvgIpc) is 3.15. The zero-order valence-corrected chi connectivity index (χ0v) is 15.3. The number of pyridine rings is 1. The maximum Gasteiger partial charge on any atom is 0.253 e. The summed E-state index contributed by atoms with van der Waals surface area (Å²) in [5.41, 5.74) is 1.71. The first-order valence-corrected chi connectivity index (χ1v) is 9.14. The Balaban J connectivity index is 1.36. The van der Waals surface area contributed by atoms with E-state index in [1.807, 2.05) is 59.1 Å². The molecule has 0 spiro atoms. The Labute approximate surface area is 158 Å². The van der Waals surface area contributed by atoms with Gasteiger partial charge < -0.3 is 14.2 Å². The molecular weight excluding hydrogens is 340 g/mol. The summed E-state index contributed by atoms with van der Waals surface area (Å²) in [5.74, 6) is 1.75. The van der Waals surface area contributed by atoms with Gasteiger partial charge in [-0.2, -0.15) is 0 Å². The van der Waals surface area contributed by atoms with Crippen molar-refractivity contribution >= 4 is 5.91 Å². The Morgan fingerprint density at radius 2 is 1.89 bits per heavy atom. The lowest BCUT2D eigenvalue weighted by molar-refractivity contribution is 0.0595. The van der Waals surface area contributed by atoms with Gasteiger partial charge in [0, 0.05) is 62.7 Å². The van der Waals surface area contributed by atoms with E-state index in [1.54, 1.807) is 18.6 Å². The molecule has 1 amide bonds. The van der Waals surface area contributed by atoms with Gasteiger partial charge in [0.2, 0.25) is 0 Å². The van der Waals surface area contributed by atoms with Crippen LogP contribution < -0.4 is 4.74 Å². The van der Waals surface area contributed by atoms with Gasteiger partial charge in [-0.3, -0.25) is 9.78 Å². The number of aryl methyl sites for hydroxylation is 1. The quantitative estimate of drug-likeness (QED) is 0.715. The molecule has 2 aromatic heterocycles. The molecule has 1 saturated heterocycles. The van der Waals surface area contributed by atoms with Crippen LogP contribution >= 0.6 is 0 Å². The number of carbonyl (C=O) groups excluding carboxylic acids is 1. The number of ether oxygens (including phenoxy) is 1. The van der Waals surface area contributed by atoms with E-state index in [0.717, 1.165) is 30.0 Å².